The third-order valence-corrected chi connectivity index (χ3v) is 7.62. The topological polar surface area (TPSA) is 168 Å². The van der Waals surface area contributed by atoms with E-state index >= 15 is 0 Å². The number of phenols is 1. The number of likely N-dealkylation sites (N-methyl/N-ethyl adjacent to an activating group) is 1. The van der Waals surface area contributed by atoms with Gasteiger partial charge in [-0.05, 0) is 50.6 Å². The number of aromatic nitrogens is 1. The molecule has 10 heteroatoms. The Morgan fingerprint density at radius 3 is 2.56 bits per heavy atom. The Morgan fingerprint density at radius 1 is 1.21 bits per heavy atom. The van der Waals surface area contributed by atoms with Gasteiger partial charge in [0.1, 0.15) is 5.52 Å². The molecule has 10 nitrogen and oxygen atoms in total. The van der Waals surface area contributed by atoms with Gasteiger partial charge >= 0.3 is 0 Å². The van der Waals surface area contributed by atoms with E-state index in [1.807, 2.05) is 0 Å². The lowest BCUT2D eigenvalue weighted by atomic mass is 9.52. The molecule has 176 valence electrons. The zero-order valence-electron chi connectivity index (χ0n) is 18.5. The summed E-state index contributed by atoms with van der Waals surface area (Å²) in [5, 5.41) is 23.0. The van der Waals surface area contributed by atoms with E-state index in [1.165, 1.54) is 11.1 Å². The molecule has 34 heavy (non-hydrogen) atoms. The number of phenolic OH excluding ortho intramolecular Hbond substituents is 1. The molecule has 1 heterocycles. The minimum atomic E-state index is -2.72. The van der Waals surface area contributed by atoms with Crippen LogP contribution >= 0.6 is 0 Å². The number of aliphatic hydroxyl groups is 1. The van der Waals surface area contributed by atoms with Gasteiger partial charge in [-0.25, -0.2) is 0 Å². The summed E-state index contributed by atoms with van der Waals surface area (Å²) in [6.07, 6.45) is 1.71. The molecule has 0 bridgehead atoms. The molecule has 1 amide bonds. The van der Waals surface area contributed by atoms with Crippen molar-refractivity contribution in [2.75, 3.05) is 14.1 Å². The van der Waals surface area contributed by atoms with Crippen molar-refractivity contribution in [3.8, 4) is 5.75 Å². The number of aromatic hydroxyl groups is 1. The van der Waals surface area contributed by atoms with E-state index in [9.17, 15) is 34.2 Å². The highest BCUT2D eigenvalue weighted by Crippen LogP contribution is 2.51. The molecule has 1 aromatic carbocycles. The van der Waals surface area contributed by atoms with Crippen LogP contribution in [0.2, 0.25) is 0 Å². The number of fused-ring (bicyclic) bond motifs is 4. The standard InChI is InChI=1S/C24H23N3O7/c1-27(2)17-12-8-11-7-10-6-9-4-3-5-26-16(9)19(29)13(10)18(28)14(11)21(31)24(12,34)22(32)15(20(17)30)23(25)33/h3-6,11-12,14-15,17,29,34H,7-8H2,1-2H3,(H2,25,33)/t11-,12-,14?,15?,17-,24-/m0/s1. The largest absolute Gasteiger partial charge is 0.505 e. The van der Waals surface area contributed by atoms with Crippen LogP contribution in [-0.2, 0) is 25.6 Å². The Labute approximate surface area is 193 Å². The first-order valence-corrected chi connectivity index (χ1v) is 10.9. The van der Waals surface area contributed by atoms with Crippen molar-refractivity contribution in [2.24, 2.45) is 29.4 Å². The van der Waals surface area contributed by atoms with Crippen LogP contribution in [0.5, 0.6) is 5.75 Å². The second kappa shape index (κ2) is 7.25. The van der Waals surface area contributed by atoms with Crippen LogP contribution in [0.25, 0.3) is 10.9 Å². The van der Waals surface area contributed by atoms with Gasteiger partial charge in [-0.3, -0.25) is 33.9 Å². The summed E-state index contributed by atoms with van der Waals surface area (Å²) in [6, 6.07) is 4.06. The third-order valence-electron chi connectivity index (χ3n) is 7.62. The number of Topliss-reactive ketones (excluding diaryl/α,β-unsaturated/α-hetero) is 4. The minimum absolute atomic E-state index is 0.0235. The molecule has 2 saturated carbocycles. The van der Waals surface area contributed by atoms with Gasteiger partial charge < -0.3 is 15.9 Å². The quantitative estimate of drug-likeness (QED) is 0.491. The van der Waals surface area contributed by atoms with Crippen molar-refractivity contribution in [1.82, 2.24) is 9.88 Å². The fourth-order valence-electron chi connectivity index (χ4n) is 6.20. The zero-order valence-corrected chi connectivity index (χ0v) is 18.5. The van der Waals surface area contributed by atoms with Gasteiger partial charge in [0.25, 0.3) is 0 Å². The van der Waals surface area contributed by atoms with Crippen LogP contribution in [-0.4, -0.2) is 74.9 Å². The molecule has 2 unspecified atom stereocenters. The molecule has 6 atom stereocenters. The van der Waals surface area contributed by atoms with Crippen molar-refractivity contribution in [1.29, 1.82) is 0 Å². The second-order valence-electron chi connectivity index (χ2n) is 9.62. The summed E-state index contributed by atoms with van der Waals surface area (Å²) in [5.41, 5.74) is 3.26. The Bertz CT molecular complexity index is 1320. The van der Waals surface area contributed by atoms with E-state index in [-0.39, 0.29) is 29.7 Å². The van der Waals surface area contributed by atoms with Crippen LogP contribution < -0.4 is 5.73 Å². The van der Waals surface area contributed by atoms with E-state index in [0.29, 0.717) is 10.9 Å². The summed E-state index contributed by atoms with van der Waals surface area (Å²) in [7, 11) is 3.10. The number of ketones is 4. The lowest BCUT2D eigenvalue weighted by Crippen LogP contribution is -2.74. The molecular formula is C24H23N3O7. The Morgan fingerprint density at radius 2 is 1.91 bits per heavy atom. The normalized spacial score (nSPS) is 33.0. The van der Waals surface area contributed by atoms with Crippen molar-refractivity contribution in [3.63, 3.8) is 0 Å². The second-order valence-corrected chi connectivity index (χ2v) is 9.62. The smallest absolute Gasteiger partial charge is 0.235 e. The SMILES string of the molecule is CN(C)[C@@H]1C(=O)C(C(N)=O)C(=O)[C@@]2(O)C(=O)C3C(=O)c4c(cc5cccnc5c4O)C[C@H]3C[C@@H]12. The maximum atomic E-state index is 13.7. The van der Waals surface area contributed by atoms with E-state index < -0.39 is 64.4 Å². The molecule has 4 N–H and O–H groups in total. The number of amides is 1. The number of benzene rings is 1. The summed E-state index contributed by atoms with van der Waals surface area (Å²) in [5.74, 6) is -10.5. The van der Waals surface area contributed by atoms with Crippen molar-refractivity contribution in [3.05, 3.63) is 35.5 Å². The van der Waals surface area contributed by atoms with Crippen LogP contribution in [0.1, 0.15) is 22.3 Å². The molecule has 0 aliphatic heterocycles. The number of carbonyl (C=O) groups excluding carboxylic acids is 5. The average Bonchev–Trinajstić information content (AvgIpc) is 2.76. The maximum absolute atomic E-state index is 13.7. The Hall–Kier alpha value is -3.50. The minimum Gasteiger partial charge on any atom is -0.505 e. The monoisotopic (exact) mass is 465 g/mol. The molecule has 5 rings (SSSR count). The van der Waals surface area contributed by atoms with Crippen LogP contribution in [0.4, 0.5) is 0 Å². The molecule has 0 spiro atoms. The summed E-state index contributed by atoms with van der Waals surface area (Å²) in [6.45, 7) is 0. The number of hydrogen-bond acceptors (Lipinski definition) is 9. The van der Waals surface area contributed by atoms with Gasteiger partial charge in [-0.2, -0.15) is 0 Å². The summed E-state index contributed by atoms with van der Waals surface area (Å²) >= 11 is 0. The fraction of sp³-hybridized carbons (Fsp3) is 0.417. The third kappa shape index (κ3) is 2.69. The number of carbonyl (C=O) groups is 5. The highest BCUT2D eigenvalue weighted by atomic mass is 16.3. The summed E-state index contributed by atoms with van der Waals surface area (Å²) in [4.78, 5) is 71.0. The van der Waals surface area contributed by atoms with Crippen molar-refractivity contribution in [2.45, 2.75) is 24.5 Å². The van der Waals surface area contributed by atoms with Crippen LogP contribution in [0.15, 0.2) is 24.4 Å². The predicted octanol–water partition coefficient (Wildman–Crippen LogP) is -0.585. The number of hydrogen-bond donors (Lipinski definition) is 3. The molecule has 1 aromatic heterocycles. The predicted molar refractivity (Wildman–Crippen MR) is 117 cm³/mol. The number of pyridine rings is 1. The van der Waals surface area contributed by atoms with Crippen LogP contribution in [0, 0.1) is 23.7 Å². The zero-order chi connectivity index (χ0) is 24.7. The first-order valence-electron chi connectivity index (χ1n) is 10.9. The van der Waals surface area contributed by atoms with E-state index in [0.717, 1.165) is 0 Å². The molecule has 0 saturated heterocycles. The van der Waals surface area contributed by atoms with Crippen molar-refractivity contribution >= 4 is 39.9 Å². The average molecular weight is 465 g/mol. The van der Waals surface area contributed by atoms with Gasteiger partial charge in [0.15, 0.2) is 40.4 Å². The first-order chi connectivity index (χ1) is 16.0. The highest BCUT2D eigenvalue weighted by Gasteiger charge is 2.69. The molecule has 3 aliphatic carbocycles. The van der Waals surface area contributed by atoms with Crippen LogP contribution in [0.3, 0.4) is 0 Å². The number of primary amides is 1. The number of rotatable bonds is 2. The summed E-state index contributed by atoms with van der Waals surface area (Å²) < 4.78 is 0. The van der Waals surface area contributed by atoms with E-state index in [4.69, 9.17) is 5.73 Å². The molecule has 2 aromatic rings. The fourth-order valence-corrected chi connectivity index (χ4v) is 6.20. The Kier molecular flexibility index (Phi) is 4.75. The van der Waals surface area contributed by atoms with Gasteiger partial charge in [0, 0.05) is 17.5 Å². The van der Waals surface area contributed by atoms with Gasteiger partial charge in [-0.15, -0.1) is 0 Å². The number of nitrogens with zero attached hydrogens (tertiary/aromatic N) is 2. The van der Waals surface area contributed by atoms with Crippen molar-refractivity contribution < 1.29 is 34.2 Å². The van der Waals surface area contributed by atoms with E-state index in [2.05, 4.69) is 4.98 Å². The molecule has 0 radical (unpaired) electrons. The van der Waals surface area contributed by atoms with Gasteiger partial charge in [0.2, 0.25) is 5.91 Å². The molecular weight excluding hydrogens is 442 g/mol. The lowest BCUT2D eigenvalue weighted by Gasteiger charge is -2.52. The lowest BCUT2D eigenvalue weighted by molar-refractivity contribution is -0.181. The molecule has 2 fully saturated rings. The number of nitrogens with two attached hydrogens (primary N) is 1. The first kappa shape index (κ1) is 22.3. The Balaban J connectivity index is 1.67. The van der Waals surface area contributed by atoms with Gasteiger partial charge in [0.05, 0.1) is 17.5 Å². The van der Waals surface area contributed by atoms with E-state index in [1.54, 1.807) is 32.3 Å². The van der Waals surface area contributed by atoms with Gasteiger partial charge in [-0.1, -0.05) is 6.07 Å². The highest BCUT2D eigenvalue weighted by molar-refractivity contribution is 6.32. The molecule has 3 aliphatic rings. The maximum Gasteiger partial charge on any atom is 0.235 e.